The van der Waals surface area contributed by atoms with E-state index >= 15 is 0 Å². The van der Waals surface area contributed by atoms with Gasteiger partial charge in [0.25, 0.3) is 5.56 Å². The summed E-state index contributed by atoms with van der Waals surface area (Å²) in [4.78, 5) is 49.6. The van der Waals surface area contributed by atoms with Crippen LogP contribution in [-0.2, 0) is 11.8 Å². The number of ketones is 1. The van der Waals surface area contributed by atoms with Crippen LogP contribution in [0.4, 0.5) is 16.2 Å². The van der Waals surface area contributed by atoms with Crippen molar-refractivity contribution in [3.63, 3.8) is 0 Å². The molecule has 0 saturated heterocycles. The number of nitrogens with zero attached hydrogens (tertiary/aromatic N) is 2. The number of Topliss-reactive ketones (excluding diaryl/α,β-unsaturated/α-hetero) is 1. The number of pyridine rings is 1. The van der Waals surface area contributed by atoms with Crippen LogP contribution in [0.5, 0.6) is 5.75 Å². The van der Waals surface area contributed by atoms with Gasteiger partial charge in [0.2, 0.25) is 0 Å². The van der Waals surface area contributed by atoms with Crippen LogP contribution in [0.2, 0.25) is 0 Å². The molecule has 0 radical (unpaired) electrons. The van der Waals surface area contributed by atoms with Crippen molar-refractivity contribution in [3.8, 4) is 16.9 Å². The van der Waals surface area contributed by atoms with E-state index in [2.05, 4.69) is 5.32 Å². The summed E-state index contributed by atoms with van der Waals surface area (Å²) >= 11 is 0. The number of carboxylic acid groups (broad SMARTS) is 1. The van der Waals surface area contributed by atoms with Crippen LogP contribution in [0, 0.1) is 6.92 Å². The number of urea groups is 1. The van der Waals surface area contributed by atoms with Gasteiger partial charge in [0.1, 0.15) is 5.75 Å². The van der Waals surface area contributed by atoms with E-state index in [0.29, 0.717) is 22.4 Å². The number of rotatable bonds is 7. The van der Waals surface area contributed by atoms with Crippen LogP contribution in [0.15, 0.2) is 59.5 Å². The summed E-state index contributed by atoms with van der Waals surface area (Å²) in [7, 11) is 1.51. The van der Waals surface area contributed by atoms with Gasteiger partial charge in [-0.25, -0.2) is 4.79 Å². The first-order valence-electron chi connectivity index (χ1n) is 10.5. The predicted octanol–water partition coefficient (Wildman–Crippen LogP) is 3.59. The lowest BCUT2D eigenvalue weighted by Gasteiger charge is -2.25. The number of carboxylic acids is 1. The summed E-state index contributed by atoms with van der Waals surface area (Å²) in [5, 5.41) is 22.1. The Morgan fingerprint density at radius 3 is 2.35 bits per heavy atom. The zero-order valence-corrected chi connectivity index (χ0v) is 19.0. The summed E-state index contributed by atoms with van der Waals surface area (Å²) in [6.07, 6.45) is 1.15. The van der Waals surface area contributed by atoms with E-state index < -0.39 is 17.6 Å². The van der Waals surface area contributed by atoms with Crippen molar-refractivity contribution in [2.45, 2.75) is 20.3 Å². The minimum absolute atomic E-state index is 0.0599. The molecular weight excluding hydrogens is 438 g/mol. The molecule has 1 aromatic heterocycles. The van der Waals surface area contributed by atoms with Crippen molar-refractivity contribution >= 4 is 29.2 Å². The van der Waals surface area contributed by atoms with E-state index in [0.717, 1.165) is 10.5 Å². The number of carbonyl (C=O) groups is 3. The maximum atomic E-state index is 13.1. The number of aromatic hydroxyl groups is 1. The molecule has 0 fully saturated rings. The van der Waals surface area contributed by atoms with Crippen LogP contribution in [0.3, 0.4) is 0 Å². The highest BCUT2D eigenvalue weighted by molar-refractivity contribution is 6.01. The molecular formula is C25H25N3O6. The summed E-state index contributed by atoms with van der Waals surface area (Å²) in [6, 6.07) is 13.0. The number of aromatic nitrogens is 1. The lowest BCUT2D eigenvalue weighted by Crippen LogP contribution is -2.41. The number of hydrogen-bond donors (Lipinski definition) is 3. The molecule has 9 nitrogen and oxygen atoms in total. The molecule has 0 aliphatic rings. The fraction of sp³-hybridized carbons (Fsp3) is 0.200. The van der Waals surface area contributed by atoms with Crippen LogP contribution < -0.4 is 15.8 Å². The molecule has 0 unspecified atom stereocenters. The maximum absolute atomic E-state index is 13.1. The molecule has 3 N–H and O–H groups in total. The van der Waals surface area contributed by atoms with Crippen molar-refractivity contribution in [3.05, 3.63) is 76.2 Å². The van der Waals surface area contributed by atoms with Crippen molar-refractivity contribution in [2.75, 3.05) is 11.4 Å². The topological polar surface area (TPSA) is 129 Å². The van der Waals surface area contributed by atoms with E-state index in [1.807, 2.05) is 0 Å². The lowest BCUT2D eigenvalue weighted by atomic mass is 10.0. The molecule has 0 aliphatic heterocycles. The zero-order chi connectivity index (χ0) is 25.0. The van der Waals surface area contributed by atoms with E-state index in [4.69, 9.17) is 5.11 Å². The molecule has 34 heavy (non-hydrogen) atoms. The summed E-state index contributed by atoms with van der Waals surface area (Å²) < 4.78 is 1.26. The van der Waals surface area contributed by atoms with Gasteiger partial charge in [-0.15, -0.1) is 0 Å². The predicted molar refractivity (Wildman–Crippen MR) is 128 cm³/mol. The summed E-state index contributed by atoms with van der Waals surface area (Å²) in [6.45, 7) is 2.92. The van der Waals surface area contributed by atoms with Crippen LogP contribution >= 0.6 is 0 Å². The Bertz CT molecular complexity index is 1310. The van der Waals surface area contributed by atoms with E-state index in [1.165, 1.54) is 24.7 Å². The van der Waals surface area contributed by atoms with E-state index in [1.54, 1.807) is 55.5 Å². The Balaban J connectivity index is 2.12. The highest BCUT2D eigenvalue weighted by Crippen LogP contribution is 2.34. The second-order valence-corrected chi connectivity index (χ2v) is 7.82. The number of nitrogens with one attached hydrogen (secondary N) is 1. The fourth-order valence-corrected chi connectivity index (χ4v) is 3.49. The number of anilines is 2. The van der Waals surface area contributed by atoms with E-state index in [-0.39, 0.29) is 30.2 Å². The Kier molecular flexibility index (Phi) is 7.15. The molecule has 3 aromatic rings. The van der Waals surface area contributed by atoms with Gasteiger partial charge < -0.3 is 20.1 Å². The second kappa shape index (κ2) is 10.0. The Morgan fingerprint density at radius 1 is 1.06 bits per heavy atom. The second-order valence-electron chi connectivity index (χ2n) is 7.82. The highest BCUT2D eigenvalue weighted by atomic mass is 16.4. The molecule has 1 heterocycles. The van der Waals surface area contributed by atoms with Crippen LogP contribution in [0.25, 0.3) is 11.1 Å². The normalized spacial score (nSPS) is 10.6. The molecule has 0 spiro atoms. The van der Waals surface area contributed by atoms with Gasteiger partial charge in [0, 0.05) is 30.9 Å². The SMILES string of the molecule is CC(=O)c1ccc(-c2cccc(N(C(=O)NCCC(=O)O)c3c(O)c(C)cn(C)c3=O)c2)cc1. The number of aliphatic carboxylic acids is 1. The standard InChI is InChI=1S/C25H25N3O6/c1-15-14-27(3)24(33)22(23(15)32)28(25(34)26-12-11-21(30)31)20-6-4-5-19(13-20)18-9-7-17(8-10-18)16(2)29/h4-10,13-14,32H,11-12H2,1-3H3,(H,26,34)(H,30,31). The summed E-state index contributed by atoms with van der Waals surface area (Å²) in [5.74, 6) is -1.50. The monoisotopic (exact) mass is 463 g/mol. The number of amides is 2. The van der Waals surface area contributed by atoms with Gasteiger partial charge in [-0.3, -0.25) is 19.3 Å². The third-order valence-corrected chi connectivity index (χ3v) is 5.28. The van der Waals surface area contributed by atoms with Gasteiger partial charge >= 0.3 is 12.0 Å². The fourth-order valence-electron chi connectivity index (χ4n) is 3.49. The Labute approximate surface area is 195 Å². The third kappa shape index (κ3) is 5.15. The Morgan fingerprint density at radius 2 is 1.74 bits per heavy atom. The van der Waals surface area contributed by atoms with Crippen molar-refractivity contribution in [1.82, 2.24) is 9.88 Å². The molecule has 0 bridgehead atoms. The first-order chi connectivity index (χ1) is 16.1. The highest BCUT2D eigenvalue weighted by Gasteiger charge is 2.26. The number of aryl methyl sites for hydroxylation is 2. The van der Waals surface area contributed by atoms with Gasteiger partial charge in [-0.05, 0) is 37.1 Å². The van der Waals surface area contributed by atoms with E-state index in [9.17, 15) is 24.3 Å². The number of carbonyl (C=O) groups excluding carboxylic acids is 2. The van der Waals surface area contributed by atoms with Crippen LogP contribution in [-0.4, -0.2) is 39.1 Å². The molecule has 3 rings (SSSR count). The molecule has 2 amide bonds. The van der Waals surface area contributed by atoms with Gasteiger partial charge in [-0.2, -0.15) is 0 Å². The van der Waals surface area contributed by atoms with Crippen molar-refractivity contribution in [2.24, 2.45) is 7.05 Å². The lowest BCUT2D eigenvalue weighted by molar-refractivity contribution is -0.136. The summed E-state index contributed by atoms with van der Waals surface area (Å²) in [5.41, 5.74) is 1.87. The van der Waals surface area contributed by atoms with Crippen LogP contribution in [0.1, 0.15) is 29.3 Å². The quantitative estimate of drug-likeness (QED) is 0.459. The zero-order valence-electron chi connectivity index (χ0n) is 19.0. The molecule has 176 valence electrons. The number of hydrogen-bond acceptors (Lipinski definition) is 5. The minimum atomic E-state index is -1.09. The first-order valence-corrected chi connectivity index (χ1v) is 10.5. The molecule has 9 heteroatoms. The molecule has 0 aliphatic carbocycles. The minimum Gasteiger partial charge on any atom is -0.505 e. The molecule has 2 aromatic carbocycles. The molecule has 0 atom stereocenters. The van der Waals surface area contributed by atoms with Gasteiger partial charge in [-0.1, -0.05) is 36.4 Å². The van der Waals surface area contributed by atoms with Gasteiger partial charge in [0.15, 0.2) is 11.5 Å². The van der Waals surface area contributed by atoms with Crippen molar-refractivity contribution in [1.29, 1.82) is 0 Å². The largest absolute Gasteiger partial charge is 0.505 e. The maximum Gasteiger partial charge on any atom is 0.326 e. The van der Waals surface area contributed by atoms with Crippen molar-refractivity contribution < 1.29 is 24.6 Å². The first kappa shape index (κ1) is 24.2. The average molecular weight is 463 g/mol. The smallest absolute Gasteiger partial charge is 0.326 e. The van der Waals surface area contributed by atoms with Gasteiger partial charge in [0.05, 0.1) is 12.1 Å². The molecule has 0 saturated carbocycles. The average Bonchev–Trinajstić information content (AvgIpc) is 2.80. The number of benzene rings is 2. The Hall–Kier alpha value is -4.40. The third-order valence-electron chi connectivity index (χ3n) is 5.28.